The number of benzene rings is 3. The molecule has 0 amide bonds. The Morgan fingerprint density at radius 2 is 1.81 bits per heavy atom. The van der Waals surface area contributed by atoms with Crippen LogP contribution < -0.4 is 4.31 Å². The van der Waals surface area contributed by atoms with Gasteiger partial charge in [0.2, 0.25) is 5.13 Å². The monoisotopic (exact) mass is 527 g/mol. The first-order valence-corrected chi connectivity index (χ1v) is 11.8. The fourth-order valence-corrected chi connectivity index (χ4v) is 5.60. The Kier molecular flexibility index (Phi) is 5.52. The molecule has 3 aromatic carbocycles. The molecule has 0 aliphatic rings. The Labute approximate surface area is 188 Å². The number of aromatic nitrogens is 2. The largest absolute Gasteiger partial charge is 0.416 e. The summed E-state index contributed by atoms with van der Waals surface area (Å²) >= 11 is 4.20. The van der Waals surface area contributed by atoms with Crippen LogP contribution in [0.15, 0.2) is 70.3 Å². The third kappa shape index (κ3) is 4.04. The topological polar surface area (TPSA) is 63.2 Å². The molecule has 0 atom stereocenters. The maximum atomic E-state index is 13.0. The number of hydrogen-bond donors (Lipinski definition) is 0. The Hall–Kier alpha value is -2.50. The summed E-state index contributed by atoms with van der Waals surface area (Å²) in [7, 11) is -2.46. The van der Waals surface area contributed by atoms with Gasteiger partial charge < -0.3 is 0 Å². The van der Waals surface area contributed by atoms with E-state index < -0.39 is 21.8 Å². The van der Waals surface area contributed by atoms with Gasteiger partial charge in [-0.15, -0.1) is 0 Å². The van der Waals surface area contributed by atoms with E-state index in [1.165, 1.54) is 31.6 Å². The average molecular weight is 528 g/mol. The molecule has 0 aliphatic carbocycles. The average Bonchev–Trinajstić information content (AvgIpc) is 3.26. The van der Waals surface area contributed by atoms with Crippen molar-refractivity contribution in [1.82, 2.24) is 9.36 Å². The van der Waals surface area contributed by atoms with Crippen LogP contribution in [0.2, 0.25) is 0 Å². The van der Waals surface area contributed by atoms with Crippen LogP contribution in [0.25, 0.3) is 21.9 Å². The van der Waals surface area contributed by atoms with Crippen LogP contribution in [-0.2, 0) is 16.2 Å². The third-order valence-corrected chi connectivity index (χ3v) is 7.97. The van der Waals surface area contributed by atoms with Crippen LogP contribution in [-0.4, -0.2) is 24.8 Å². The number of alkyl halides is 3. The molecule has 0 spiro atoms. The van der Waals surface area contributed by atoms with Crippen LogP contribution in [0.3, 0.4) is 0 Å². The van der Waals surface area contributed by atoms with Crippen molar-refractivity contribution in [2.24, 2.45) is 0 Å². The van der Waals surface area contributed by atoms with Crippen LogP contribution in [0.1, 0.15) is 5.56 Å². The SMILES string of the molecule is CN(c1ncns1)S(=O)(=O)c1ccc2c(-c3ccc(C(F)(F)F)cc3Br)cccc2c1. The standard InChI is InChI=1S/C20H13BrF3N3O2S2/c1-27(19-25-11-26-30-19)31(28,29)14-6-8-15-12(9-14)3-2-4-16(15)17-7-5-13(10-18(17)21)20(22,23)24/h2-11H,1H3. The summed E-state index contributed by atoms with van der Waals surface area (Å²) in [5.74, 6) is 0. The molecule has 1 aromatic heterocycles. The summed E-state index contributed by atoms with van der Waals surface area (Å²) in [6, 6.07) is 13.4. The second-order valence-electron chi connectivity index (χ2n) is 6.58. The maximum absolute atomic E-state index is 13.0. The van der Waals surface area contributed by atoms with E-state index >= 15 is 0 Å². The summed E-state index contributed by atoms with van der Waals surface area (Å²) in [4.78, 5) is 4.00. The number of hydrogen-bond acceptors (Lipinski definition) is 5. The predicted molar refractivity (Wildman–Crippen MR) is 118 cm³/mol. The van der Waals surface area contributed by atoms with E-state index in [-0.39, 0.29) is 10.0 Å². The zero-order valence-electron chi connectivity index (χ0n) is 15.8. The minimum atomic E-state index is -4.44. The normalized spacial score (nSPS) is 12.3. The van der Waals surface area contributed by atoms with Crippen molar-refractivity contribution in [1.29, 1.82) is 0 Å². The zero-order valence-corrected chi connectivity index (χ0v) is 19.0. The lowest BCUT2D eigenvalue weighted by molar-refractivity contribution is -0.137. The molecule has 31 heavy (non-hydrogen) atoms. The van der Waals surface area contributed by atoms with Gasteiger partial charge in [0, 0.05) is 23.1 Å². The third-order valence-electron chi connectivity index (χ3n) is 4.72. The summed E-state index contributed by atoms with van der Waals surface area (Å²) in [6.07, 6.45) is -3.16. The van der Waals surface area contributed by atoms with Crippen molar-refractivity contribution in [2.45, 2.75) is 11.1 Å². The zero-order chi connectivity index (χ0) is 22.4. The molecule has 0 aliphatic heterocycles. The van der Waals surface area contributed by atoms with E-state index in [0.29, 0.717) is 26.4 Å². The first-order chi connectivity index (χ1) is 14.6. The molecule has 4 rings (SSSR count). The van der Waals surface area contributed by atoms with Crippen molar-refractivity contribution in [2.75, 3.05) is 11.4 Å². The number of rotatable bonds is 4. The van der Waals surface area contributed by atoms with Crippen molar-refractivity contribution >= 4 is 53.4 Å². The molecule has 0 bridgehead atoms. The Balaban J connectivity index is 1.80. The lowest BCUT2D eigenvalue weighted by Crippen LogP contribution is -2.26. The summed E-state index contributed by atoms with van der Waals surface area (Å²) in [6.45, 7) is 0. The van der Waals surface area contributed by atoms with Crippen LogP contribution >= 0.6 is 27.5 Å². The lowest BCUT2D eigenvalue weighted by atomic mass is 9.97. The van der Waals surface area contributed by atoms with Gasteiger partial charge in [0.1, 0.15) is 6.33 Å². The van der Waals surface area contributed by atoms with Gasteiger partial charge >= 0.3 is 6.18 Å². The number of fused-ring (bicyclic) bond motifs is 1. The number of nitrogens with zero attached hydrogens (tertiary/aromatic N) is 3. The smallest absolute Gasteiger partial charge is 0.243 e. The van der Waals surface area contributed by atoms with Gasteiger partial charge in [-0.05, 0) is 46.2 Å². The van der Waals surface area contributed by atoms with Gasteiger partial charge in [-0.2, -0.15) is 17.5 Å². The molecule has 1 heterocycles. The number of anilines is 1. The first-order valence-electron chi connectivity index (χ1n) is 8.74. The second-order valence-corrected chi connectivity index (χ2v) is 10.2. The molecule has 160 valence electrons. The molecule has 0 fully saturated rings. The number of sulfonamides is 1. The highest BCUT2D eigenvalue weighted by Crippen LogP contribution is 2.38. The highest BCUT2D eigenvalue weighted by atomic mass is 79.9. The molecule has 0 saturated heterocycles. The van der Waals surface area contributed by atoms with Crippen molar-refractivity contribution < 1.29 is 21.6 Å². The summed E-state index contributed by atoms with van der Waals surface area (Å²) in [5, 5.41) is 1.58. The van der Waals surface area contributed by atoms with Crippen molar-refractivity contribution in [3.63, 3.8) is 0 Å². The predicted octanol–water partition coefficient (Wildman–Crippen LogP) is 5.96. The van der Waals surface area contributed by atoms with E-state index in [1.807, 2.05) is 0 Å². The highest BCUT2D eigenvalue weighted by molar-refractivity contribution is 9.10. The first kappa shape index (κ1) is 21.7. The van der Waals surface area contributed by atoms with Gasteiger partial charge in [-0.3, -0.25) is 0 Å². The number of halogens is 4. The van der Waals surface area contributed by atoms with E-state index in [0.717, 1.165) is 28.0 Å². The van der Waals surface area contributed by atoms with E-state index in [1.54, 1.807) is 24.3 Å². The fraction of sp³-hybridized carbons (Fsp3) is 0.100. The Morgan fingerprint density at radius 1 is 1.03 bits per heavy atom. The molecular formula is C20H13BrF3N3O2S2. The molecule has 0 saturated carbocycles. The van der Waals surface area contributed by atoms with Gasteiger partial charge in [0.05, 0.1) is 10.5 Å². The van der Waals surface area contributed by atoms with E-state index in [9.17, 15) is 21.6 Å². The van der Waals surface area contributed by atoms with Crippen molar-refractivity contribution in [3.05, 3.63) is 71.0 Å². The Bertz CT molecular complexity index is 1370. The van der Waals surface area contributed by atoms with Gasteiger partial charge in [0.15, 0.2) is 0 Å². The van der Waals surface area contributed by atoms with Gasteiger partial charge in [0.25, 0.3) is 10.0 Å². The summed E-state index contributed by atoms with van der Waals surface area (Å²) in [5.41, 5.74) is 0.496. The minimum Gasteiger partial charge on any atom is -0.243 e. The van der Waals surface area contributed by atoms with Crippen LogP contribution in [0, 0.1) is 0 Å². The van der Waals surface area contributed by atoms with Gasteiger partial charge in [-0.1, -0.05) is 46.3 Å². The fourth-order valence-electron chi connectivity index (χ4n) is 3.13. The molecule has 5 nitrogen and oxygen atoms in total. The molecule has 0 radical (unpaired) electrons. The molecule has 11 heteroatoms. The molecule has 0 N–H and O–H groups in total. The van der Waals surface area contributed by atoms with Crippen LogP contribution in [0.4, 0.5) is 18.3 Å². The van der Waals surface area contributed by atoms with E-state index in [2.05, 4.69) is 25.3 Å². The molecule has 0 unspecified atom stereocenters. The molecule has 4 aromatic rings. The lowest BCUT2D eigenvalue weighted by Gasteiger charge is -2.17. The molecular weight excluding hydrogens is 515 g/mol. The van der Waals surface area contributed by atoms with Gasteiger partial charge in [-0.25, -0.2) is 17.7 Å². The van der Waals surface area contributed by atoms with E-state index in [4.69, 9.17) is 0 Å². The Morgan fingerprint density at radius 3 is 2.45 bits per heavy atom. The van der Waals surface area contributed by atoms with Crippen LogP contribution in [0.5, 0.6) is 0 Å². The maximum Gasteiger partial charge on any atom is 0.416 e. The summed E-state index contributed by atoms with van der Waals surface area (Å²) < 4.78 is 70.1. The quantitative estimate of drug-likeness (QED) is 0.328. The second kappa shape index (κ2) is 7.88. The minimum absolute atomic E-state index is 0.0707. The van der Waals surface area contributed by atoms with Crippen molar-refractivity contribution in [3.8, 4) is 11.1 Å². The highest BCUT2D eigenvalue weighted by Gasteiger charge is 2.31.